The second kappa shape index (κ2) is 7.04. The summed E-state index contributed by atoms with van der Waals surface area (Å²) in [5, 5.41) is 1.68. The van der Waals surface area contributed by atoms with E-state index in [1.807, 2.05) is 30.3 Å². The highest BCUT2D eigenvalue weighted by atomic mass is 32.2. The van der Waals surface area contributed by atoms with Gasteiger partial charge >= 0.3 is 11.9 Å². The summed E-state index contributed by atoms with van der Waals surface area (Å²) in [4.78, 5) is 24.5. The number of thioether (sulfide) groups is 2. The molecule has 2 rings (SSSR count). The summed E-state index contributed by atoms with van der Waals surface area (Å²) in [5.41, 5.74) is 1.02. The molecule has 0 radical (unpaired) electrons. The van der Waals surface area contributed by atoms with Crippen LogP contribution in [0.4, 0.5) is 0 Å². The Morgan fingerprint density at radius 2 is 1.95 bits per heavy atom. The molecule has 1 aliphatic heterocycles. The SMILES string of the molecule is CCOC(=O)C1=CSC(Cc2ccccc2)(C(=O)OC)S1. The van der Waals surface area contributed by atoms with E-state index in [1.54, 1.807) is 12.3 Å². The Morgan fingerprint density at radius 3 is 2.57 bits per heavy atom. The van der Waals surface area contributed by atoms with Gasteiger partial charge in [0.2, 0.25) is 0 Å². The van der Waals surface area contributed by atoms with Gasteiger partial charge in [-0.05, 0) is 17.9 Å². The number of hydrogen-bond donors (Lipinski definition) is 0. The van der Waals surface area contributed by atoms with E-state index in [1.165, 1.54) is 30.6 Å². The fourth-order valence-corrected chi connectivity index (χ4v) is 4.60. The first-order chi connectivity index (χ1) is 10.1. The molecule has 1 unspecified atom stereocenters. The van der Waals surface area contributed by atoms with E-state index in [9.17, 15) is 9.59 Å². The second-order valence-corrected chi connectivity index (χ2v) is 7.10. The van der Waals surface area contributed by atoms with Crippen LogP contribution < -0.4 is 0 Å². The number of benzene rings is 1. The predicted octanol–water partition coefficient (Wildman–Crippen LogP) is 2.98. The van der Waals surface area contributed by atoms with Crippen molar-refractivity contribution in [2.24, 2.45) is 0 Å². The van der Waals surface area contributed by atoms with Gasteiger partial charge in [-0.1, -0.05) is 42.1 Å². The van der Waals surface area contributed by atoms with Crippen LogP contribution in [-0.4, -0.2) is 29.7 Å². The quantitative estimate of drug-likeness (QED) is 0.776. The second-order valence-electron chi connectivity index (χ2n) is 4.33. The molecule has 0 N–H and O–H groups in total. The van der Waals surface area contributed by atoms with E-state index in [4.69, 9.17) is 9.47 Å². The van der Waals surface area contributed by atoms with Crippen molar-refractivity contribution in [3.05, 3.63) is 46.2 Å². The maximum absolute atomic E-state index is 12.2. The highest BCUT2D eigenvalue weighted by Gasteiger charge is 2.47. The largest absolute Gasteiger partial charge is 0.467 e. The molecular weight excluding hydrogens is 308 g/mol. The first-order valence-corrected chi connectivity index (χ1v) is 8.17. The van der Waals surface area contributed by atoms with Crippen LogP contribution in [0.15, 0.2) is 40.6 Å². The predicted molar refractivity (Wildman–Crippen MR) is 84.8 cm³/mol. The van der Waals surface area contributed by atoms with E-state index in [0.29, 0.717) is 17.9 Å². The summed E-state index contributed by atoms with van der Waals surface area (Å²) in [6.07, 6.45) is 0.481. The zero-order chi connectivity index (χ0) is 15.3. The lowest BCUT2D eigenvalue weighted by Gasteiger charge is -2.24. The van der Waals surface area contributed by atoms with E-state index in [2.05, 4.69) is 0 Å². The Balaban J connectivity index is 2.18. The van der Waals surface area contributed by atoms with Gasteiger partial charge in [0.25, 0.3) is 0 Å². The molecule has 21 heavy (non-hydrogen) atoms. The monoisotopic (exact) mass is 324 g/mol. The molecule has 4 nitrogen and oxygen atoms in total. The molecule has 0 aliphatic carbocycles. The van der Waals surface area contributed by atoms with E-state index >= 15 is 0 Å². The van der Waals surface area contributed by atoms with Crippen molar-refractivity contribution in [3.8, 4) is 0 Å². The lowest BCUT2D eigenvalue weighted by molar-refractivity contribution is -0.140. The minimum Gasteiger partial charge on any atom is -0.467 e. The summed E-state index contributed by atoms with van der Waals surface area (Å²) < 4.78 is 9.06. The molecule has 112 valence electrons. The van der Waals surface area contributed by atoms with E-state index in [0.717, 1.165) is 5.56 Å². The van der Waals surface area contributed by atoms with Crippen molar-refractivity contribution in [1.29, 1.82) is 0 Å². The molecule has 1 aromatic carbocycles. The fourth-order valence-electron chi connectivity index (χ4n) is 1.93. The molecule has 6 heteroatoms. The van der Waals surface area contributed by atoms with Crippen LogP contribution in [0.1, 0.15) is 12.5 Å². The minimum atomic E-state index is -0.863. The van der Waals surface area contributed by atoms with Crippen molar-refractivity contribution in [2.45, 2.75) is 17.4 Å². The highest BCUT2D eigenvalue weighted by Crippen LogP contribution is 2.52. The van der Waals surface area contributed by atoms with E-state index in [-0.39, 0.29) is 5.97 Å². The smallest absolute Gasteiger partial charge is 0.345 e. The molecule has 0 amide bonds. The Hall–Kier alpha value is -1.40. The first-order valence-electron chi connectivity index (χ1n) is 6.48. The Labute approximate surface area is 132 Å². The maximum Gasteiger partial charge on any atom is 0.345 e. The van der Waals surface area contributed by atoms with Crippen molar-refractivity contribution < 1.29 is 19.1 Å². The number of methoxy groups -OCH3 is 1. The van der Waals surface area contributed by atoms with Gasteiger partial charge in [-0.15, -0.1) is 11.8 Å². The molecule has 0 spiro atoms. The molecule has 0 saturated heterocycles. The van der Waals surface area contributed by atoms with Gasteiger partial charge < -0.3 is 9.47 Å². The summed E-state index contributed by atoms with van der Waals surface area (Å²) in [6, 6.07) is 9.67. The summed E-state index contributed by atoms with van der Waals surface area (Å²) in [6.45, 7) is 2.06. The van der Waals surface area contributed by atoms with Crippen molar-refractivity contribution in [1.82, 2.24) is 0 Å². The van der Waals surface area contributed by atoms with Crippen LogP contribution in [0.3, 0.4) is 0 Å². The molecule has 1 atom stereocenters. The van der Waals surface area contributed by atoms with Crippen LogP contribution in [0, 0.1) is 0 Å². The van der Waals surface area contributed by atoms with Crippen LogP contribution in [0.2, 0.25) is 0 Å². The molecule has 0 bridgehead atoms. The Kier molecular flexibility index (Phi) is 5.36. The number of rotatable bonds is 5. The van der Waals surface area contributed by atoms with Crippen molar-refractivity contribution in [2.75, 3.05) is 13.7 Å². The van der Waals surface area contributed by atoms with Crippen LogP contribution in [0.25, 0.3) is 0 Å². The molecule has 0 saturated carbocycles. The fraction of sp³-hybridized carbons (Fsp3) is 0.333. The Bertz CT molecular complexity index is 556. The van der Waals surface area contributed by atoms with Gasteiger partial charge in [-0.2, -0.15) is 0 Å². The first kappa shape index (κ1) is 16.0. The van der Waals surface area contributed by atoms with Crippen LogP contribution >= 0.6 is 23.5 Å². The topological polar surface area (TPSA) is 52.6 Å². The number of ether oxygens (including phenoxy) is 2. The summed E-state index contributed by atoms with van der Waals surface area (Å²) >= 11 is 2.51. The maximum atomic E-state index is 12.2. The lowest BCUT2D eigenvalue weighted by Crippen LogP contribution is -2.33. The molecule has 1 aliphatic rings. The molecule has 1 aromatic rings. The number of esters is 2. The van der Waals surface area contributed by atoms with Crippen LogP contribution in [-0.2, 0) is 25.5 Å². The van der Waals surface area contributed by atoms with Gasteiger partial charge in [0, 0.05) is 6.42 Å². The van der Waals surface area contributed by atoms with Crippen LogP contribution in [0.5, 0.6) is 0 Å². The molecular formula is C15H16O4S2. The molecule has 1 heterocycles. The third-order valence-corrected chi connectivity index (χ3v) is 5.76. The van der Waals surface area contributed by atoms with E-state index < -0.39 is 10.0 Å². The third kappa shape index (κ3) is 3.63. The van der Waals surface area contributed by atoms with Gasteiger partial charge in [0.1, 0.15) is 4.91 Å². The lowest BCUT2D eigenvalue weighted by atomic mass is 10.1. The zero-order valence-electron chi connectivity index (χ0n) is 11.8. The summed E-state index contributed by atoms with van der Waals surface area (Å²) in [7, 11) is 1.36. The van der Waals surface area contributed by atoms with Gasteiger partial charge in [0.05, 0.1) is 13.7 Å². The average Bonchev–Trinajstić information content (AvgIpc) is 2.93. The molecule has 0 fully saturated rings. The highest BCUT2D eigenvalue weighted by molar-refractivity contribution is 8.25. The van der Waals surface area contributed by atoms with Gasteiger partial charge in [-0.3, -0.25) is 0 Å². The zero-order valence-corrected chi connectivity index (χ0v) is 13.5. The minimum absolute atomic E-state index is 0.311. The van der Waals surface area contributed by atoms with Crippen molar-refractivity contribution >= 4 is 35.5 Å². The standard InChI is InChI=1S/C15H16O4S2/c1-3-19-13(16)12-10-20-15(21-12,14(17)18-2)9-11-7-5-4-6-8-11/h4-8,10H,3,9H2,1-2H3. The van der Waals surface area contributed by atoms with Gasteiger partial charge in [0.15, 0.2) is 4.08 Å². The Morgan fingerprint density at radius 1 is 1.24 bits per heavy atom. The number of carbonyl (C=O) groups is 2. The van der Waals surface area contributed by atoms with Gasteiger partial charge in [-0.25, -0.2) is 9.59 Å². The van der Waals surface area contributed by atoms with Crippen molar-refractivity contribution in [3.63, 3.8) is 0 Å². The summed E-state index contributed by atoms with van der Waals surface area (Å²) in [5.74, 6) is -0.745. The normalized spacial score (nSPS) is 20.8. The number of hydrogen-bond acceptors (Lipinski definition) is 6. The average molecular weight is 324 g/mol. The third-order valence-electron chi connectivity index (χ3n) is 2.88. The molecule has 0 aromatic heterocycles. The number of carbonyl (C=O) groups excluding carboxylic acids is 2.